The van der Waals surface area contributed by atoms with Gasteiger partial charge in [0.2, 0.25) is 0 Å². The zero-order chi connectivity index (χ0) is 12.7. The number of hydrogen-bond acceptors (Lipinski definition) is 2. The Morgan fingerprint density at radius 3 is 2.53 bits per heavy atom. The molecule has 17 heavy (non-hydrogen) atoms. The van der Waals surface area contributed by atoms with Crippen molar-refractivity contribution in [1.82, 2.24) is 0 Å². The van der Waals surface area contributed by atoms with E-state index in [4.69, 9.17) is 4.74 Å². The van der Waals surface area contributed by atoms with Crippen molar-refractivity contribution in [3.63, 3.8) is 0 Å². The quantitative estimate of drug-likeness (QED) is 0.602. The summed E-state index contributed by atoms with van der Waals surface area (Å²) in [6.07, 6.45) is 9.08. The van der Waals surface area contributed by atoms with E-state index in [0.29, 0.717) is 17.9 Å². The summed E-state index contributed by atoms with van der Waals surface area (Å²) in [5, 5.41) is 9.86. The zero-order valence-corrected chi connectivity index (χ0v) is 11.6. The summed E-state index contributed by atoms with van der Waals surface area (Å²) >= 11 is 0. The molecule has 2 heteroatoms. The largest absolute Gasteiger partial charge is 0.386 e. The number of allylic oxidation sites excluding steroid dienone is 1. The van der Waals surface area contributed by atoms with Crippen LogP contribution in [0.3, 0.4) is 0 Å². The molecule has 0 aromatic carbocycles. The van der Waals surface area contributed by atoms with E-state index in [-0.39, 0.29) is 5.60 Å². The number of rotatable bonds is 4. The van der Waals surface area contributed by atoms with E-state index in [1.807, 2.05) is 13.0 Å². The van der Waals surface area contributed by atoms with E-state index < -0.39 is 5.60 Å². The molecular formula is C15H26O2. The Morgan fingerprint density at radius 2 is 2.06 bits per heavy atom. The van der Waals surface area contributed by atoms with Crippen molar-refractivity contribution in [2.45, 2.75) is 70.7 Å². The first-order chi connectivity index (χ1) is 7.80. The molecule has 0 bridgehead atoms. The standard InChI is InChI=1S/C15H26O2/c1-11(5-6-13-14(2,3)17-13)12-7-9-15(4,16)10-8-12/h7,9,11-13,16H,5-6,8,10H2,1-4H3/t11-,12-,13+,15-/m1/s1. The molecule has 4 atom stereocenters. The van der Waals surface area contributed by atoms with Crippen LogP contribution in [0.2, 0.25) is 0 Å². The van der Waals surface area contributed by atoms with Crippen molar-refractivity contribution < 1.29 is 9.84 Å². The fourth-order valence-corrected chi connectivity index (χ4v) is 2.81. The Morgan fingerprint density at radius 1 is 1.41 bits per heavy atom. The average Bonchev–Trinajstić information content (AvgIpc) is 2.83. The smallest absolute Gasteiger partial charge is 0.0892 e. The maximum Gasteiger partial charge on any atom is 0.0892 e. The van der Waals surface area contributed by atoms with Gasteiger partial charge in [0.05, 0.1) is 17.3 Å². The predicted molar refractivity (Wildman–Crippen MR) is 69.8 cm³/mol. The van der Waals surface area contributed by atoms with Crippen LogP contribution in [-0.2, 0) is 4.74 Å². The molecule has 0 aromatic rings. The summed E-state index contributed by atoms with van der Waals surface area (Å²) in [6.45, 7) is 8.55. The molecule has 0 aromatic heterocycles. The Bertz CT molecular complexity index is 304. The van der Waals surface area contributed by atoms with Gasteiger partial charge in [0.25, 0.3) is 0 Å². The lowest BCUT2D eigenvalue weighted by atomic mass is 9.78. The lowest BCUT2D eigenvalue weighted by molar-refractivity contribution is 0.0830. The van der Waals surface area contributed by atoms with Crippen LogP contribution in [0.4, 0.5) is 0 Å². The molecule has 1 heterocycles. The summed E-state index contributed by atoms with van der Waals surface area (Å²) in [5.74, 6) is 1.33. The molecule has 2 aliphatic rings. The summed E-state index contributed by atoms with van der Waals surface area (Å²) in [7, 11) is 0. The molecular weight excluding hydrogens is 212 g/mol. The highest BCUT2D eigenvalue weighted by Gasteiger charge is 2.47. The van der Waals surface area contributed by atoms with Crippen LogP contribution in [0.15, 0.2) is 12.2 Å². The van der Waals surface area contributed by atoms with Crippen LogP contribution in [-0.4, -0.2) is 22.4 Å². The Kier molecular flexibility index (Phi) is 3.39. The van der Waals surface area contributed by atoms with Gasteiger partial charge in [-0.05, 0) is 58.3 Å². The molecule has 1 aliphatic heterocycles. The fraction of sp³-hybridized carbons (Fsp3) is 0.867. The van der Waals surface area contributed by atoms with Gasteiger partial charge in [-0.2, -0.15) is 0 Å². The first kappa shape index (κ1) is 13.1. The normalized spacial score (nSPS) is 41.2. The molecule has 1 N–H and O–H groups in total. The summed E-state index contributed by atoms with van der Waals surface area (Å²) in [4.78, 5) is 0. The second kappa shape index (κ2) is 4.40. The molecule has 2 rings (SSSR count). The van der Waals surface area contributed by atoms with E-state index in [2.05, 4.69) is 26.8 Å². The van der Waals surface area contributed by atoms with E-state index >= 15 is 0 Å². The molecule has 0 unspecified atom stereocenters. The summed E-state index contributed by atoms with van der Waals surface area (Å²) in [5.41, 5.74) is -0.441. The Balaban J connectivity index is 1.76. The minimum atomic E-state index is -0.572. The zero-order valence-electron chi connectivity index (χ0n) is 11.6. The van der Waals surface area contributed by atoms with Crippen LogP contribution in [0.25, 0.3) is 0 Å². The summed E-state index contributed by atoms with van der Waals surface area (Å²) < 4.78 is 5.62. The molecule has 1 fully saturated rings. The highest BCUT2D eigenvalue weighted by molar-refractivity contribution is 5.06. The molecule has 0 radical (unpaired) electrons. The molecule has 1 aliphatic carbocycles. The van der Waals surface area contributed by atoms with Gasteiger partial charge in [0.1, 0.15) is 0 Å². The van der Waals surface area contributed by atoms with Gasteiger partial charge in [-0.1, -0.05) is 19.1 Å². The number of ether oxygens (including phenoxy) is 1. The van der Waals surface area contributed by atoms with E-state index in [9.17, 15) is 5.11 Å². The van der Waals surface area contributed by atoms with Gasteiger partial charge in [0.15, 0.2) is 0 Å². The van der Waals surface area contributed by atoms with Crippen LogP contribution in [0, 0.1) is 11.8 Å². The van der Waals surface area contributed by atoms with Gasteiger partial charge in [-0.25, -0.2) is 0 Å². The fourth-order valence-electron chi connectivity index (χ4n) is 2.81. The third-order valence-electron chi connectivity index (χ3n) is 4.47. The molecule has 98 valence electrons. The third kappa shape index (κ3) is 3.32. The van der Waals surface area contributed by atoms with Crippen molar-refractivity contribution in [2.75, 3.05) is 0 Å². The van der Waals surface area contributed by atoms with Crippen LogP contribution >= 0.6 is 0 Å². The maximum absolute atomic E-state index is 9.86. The second-order valence-electron chi connectivity index (χ2n) is 6.68. The molecule has 0 amide bonds. The second-order valence-corrected chi connectivity index (χ2v) is 6.68. The van der Waals surface area contributed by atoms with E-state index in [1.54, 1.807) is 0 Å². The topological polar surface area (TPSA) is 32.8 Å². The van der Waals surface area contributed by atoms with Crippen molar-refractivity contribution in [1.29, 1.82) is 0 Å². The molecule has 0 spiro atoms. The molecule has 0 saturated carbocycles. The highest BCUT2D eigenvalue weighted by Crippen LogP contribution is 2.40. The van der Waals surface area contributed by atoms with Crippen LogP contribution in [0.5, 0.6) is 0 Å². The maximum atomic E-state index is 9.86. The lowest BCUT2D eigenvalue weighted by Crippen LogP contribution is -2.27. The first-order valence-corrected chi connectivity index (χ1v) is 6.90. The highest BCUT2D eigenvalue weighted by atomic mass is 16.6. The van der Waals surface area contributed by atoms with Crippen LogP contribution in [0.1, 0.15) is 53.4 Å². The third-order valence-corrected chi connectivity index (χ3v) is 4.47. The molecule has 1 saturated heterocycles. The van der Waals surface area contributed by atoms with Crippen molar-refractivity contribution in [2.24, 2.45) is 11.8 Å². The van der Waals surface area contributed by atoms with Crippen molar-refractivity contribution in [3.05, 3.63) is 12.2 Å². The Hall–Kier alpha value is -0.340. The number of hydrogen-bond donors (Lipinski definition) is 1. The first-order valence-electron chi connectivity index (χ1n) is 6.90. The number of aliphatic hydroxyl groups is 1. The van der Waals surface area contributed by atoms with Gasteiger partial charge >= 0.3 is 0 Å². The summed E-state index contributed by atoms with van der Waals surface area (Å²) in [6, 6.07) is 0. The SMILES string of the molecule is C[C@H](CC[C@@H]1OC1(C)C)[C@@H]1C=C[C@@](C)(O)CC1. The van der Waals surface area contributed by atoms with E-state index in [0.717, 1.165) is 12.8 Å². The lowest BCUT2D eigenvalue weighted by Gasteiger charge is -2.30. The monoisotopic (exact) mass is 238 g/mol. The number of epoxide rings is 1. The average molecular weight is 238 g/mol. The predicted octanol–water partition coefficient (Wildman–Crippen LogP) is 3.30. The van der Waals surface area contributed by atoms with Gasteiger partial charge < -0.3 is 9.84 Å². The van der Waals surface area contributed by atoms with Crippen LogP contribution < -0.4 is 0 Å². The van der Waals surface area contributed by atoms with E-state index in [1.165, 1.54) is 12.8 Å². The van der Waals surface area contributed by atoms with Gasteiger partial charge in [-0.3, -0.25) is 0 Å². The van der Waals surface area contributed by atoms with Crippen molar-refractivity contribution >= 4 is 0 Å². The van der Waals surface area contributed by atoms with Gasteiger partial charge in [-0.15, -0.1) is 0 Å². The van der Waals surface area contributed by atoms with Gasteiger partial charge in [0, 0.05) is 0 Å². The Labute approximate surface area is 105 Å². The molecule has 2 nitrogen and oxygen atoms in total. The van der Waals surface area contributed by atoms with Crippen molar-refractivity contribution in [3.8, 4) is 0 Å². The minimum absolute atomic E-state index is 0.131. The minimum Gasteiger partial charge on any atom is -0.386 e.